The van der Waals surface area contributed by atoms with E-state index in [1.807, 2.05) is 78.8 Å². The number of carbonyl (C=O) groups is 1. The van der Waals surface area contributed by atoms with E-state index in [2.05, 4.69) is 0 Å². The minimum atomic E-state index is -0.493. The Bertz CT molecular complexity index is 763. The van der Waals surface area contributed by atoms with Gasteiger partial charge in [-0.3, -0.25) is 4.90 Å². The average Bonchev–Trinajstić information content (AvgIpc) is 2.77. The van der Waals surface area contributed by atoms with E-state index in [4.69, 9.17) is 18.8 Å². The summed E-state index contributed by atoms with van der Waals surface area (Å²) in [6.45, 7) is 14.8. The van der Waals surface area contributed by atoms with Crippen molar-refractivity contribution in [2.75, 3.05) is 13.2 Å². The van der Waals surface area contributed by atoms with Crippen molar-refractivity contribution in [3.63, 3.8) is 0 Å². The molecule has 1 aromatic rings. The van der Waals surface area contributed by atoms with Gasteiger partial charge in [-0.1, -0.05) is 12.1 Å². The minimum absolute atomic E-state index is 0.304. The first-order valence-corrected chi connectivity index (χ1v) is 10.2. The van der Waals surface area contributed by atoms with Crippen LogP contribution in [0.5, 0.6) is 5.75 Å². The summed E-state index contributed by atoms with van der Waals surface area (Å²) in [5.74, 6) is 0.755. The maximum Gasteiger partial charge on any atom is 0.494 e. The summed E-state index contributed by atoms with van der Waals surface area (Å²) in [5.41, 5.74) is 0.689. The highest BCUT2D eigenvalue weighted by Crippen LogP contribution is 2.36. The van der Waals surface area contributed by atoms with E-state index in [1.54, 1.807) is 4.90 Å². The Labute approximate surface area is 174 Å². The zero-order valence-corrected chi connectivity index (χ0v) is 18.6. The van der Waals surface area contributed by atoms with Crippen LogP contribution >= 0.6 is 0 Å². The zero-order valence-electron chi connectivity index (χ0n) is 18.6. The summed E-state index contributed by atoms with van der Waals surface area (Å²) in [7, 11) is -0.381. The molecule has 2 saturated heterocycles. The van der Waals surface area contributed by atoms with Crippen LogP contribution in [-0.2, 0) is 14.0 Å². The molecule has 0 spiro atoms. The summed E-state index contributed by atoms with van der Waals surface area (Å²) < 4.78 is 23.4. The Morgan fingerprint density at radius 3 is 2.21 bits per heavy atom. The highest BCUT2D eigenvalue weighted by molar-refractivity contribution is 6.62. The minimum Gasteiger partial charge on any atom is -0.489 e. The number of carbonyl (C=O) groups excluding carboxylic acids is 1. The van der Waals surface area contributed by atoms with Crippen molar-refractivity contribution in [3.05, 3.63) is 36.0 Å². The van der Waals surface area contributed by atoms with Crippen LogP contribution in [0.1, 0.15) is 54.9 Å². The fourth-order valence-electron chi connectivity index (χ4n) is 3.02. The molecule has 2 aliphatic heterocycles. The highest BCUT2D eigenvalue weighted by Gasteiger charge is 2.51. The van der Waals surface area contributed by atoms with Crippen molar-refractivity contribution in [1.82, 2.24) is 4.90 Å². The summed E-state index contributed by atoms with van der Waals surface area (Å²) in [4.78, 5) is 13.8. The predicted molar refractivity (Wildman–Crippen MR) is 113 cm³/mol. The maximum absolute atomic E-state index is 12.1. The lowest BCUT2D eigenvalue weighted by Crippen LogP contribution is -2.43. The molecule has 158 valence electrons. The van der Waals surface area contributed by atoms with Gasteiger partial charge in [-0.05, 0) is 72.1 Å². The molecule has 7 heteroatoms. The SMILES string of the molecule is CC(C)(C)OC(=O)N1CC/C1=C/COc1ccc(B2OC(C)(C)C(C)(C)O2)cc1. The lowest BCUT2D eigenvalue weighted by Gasteiger charge is -2.35. The van der Waals surface area contributed by atoms with Crippen LogP contribution in [0.2, 0.25) is 0 Å². The number of hydrogen-bond acceptors (Lipinski definition) is 5. The van der Waals surface area contributed by atoms with Crippen LogP contribution in [0.3, 0.4) is 0 Å². The maximum atomic E-state index is 12.1. The third kappa shape index (κ3) is 4.96. The second kappa shape index (κ2) is 7.69. The molecule has 2 aliphatic rings. The third-order valence-electron chi connectivity index (χ3n) is 5.53. The summed E-state index contributed by atoms with van der Waals surface area (Å²) in [5, 5.41) is 0. The molecular formula is C22H32BNO5. The van der Waals surface area contributed by atoms with Crippen LogP contribution < -0.4 is 10.2 Å². The fraction of sp³-hybridized carbons (Fsp3) is 0.591. The first-order chi connectivity index (χ1) is 13.4. The molecule has 1 aromatic carbocycles. The van der Waals surface area contributed by atoms with Gasteiger partial charge in [0.2, 0.25) is 0 Å². The van der Waals surface area contributed by atoms with Gasteiger partial charge >= 0.3 is 13.2 Å². The third-order valence-corrected chi connectivity index (χ3v) is 5.53. The Kier molecular flexibility index (Phi) is 5.76. The van der Waals surface area contributed by atoms with E-state index < -0.39 is 5.60 Å². The molecule has 2 heterocycles. The molecule has 0 saturated carbocycles. The Morgan fingerprint density at radius 1 is 1.14 bits per heavy atom. The number of nitrogens with zero attached hydrogens (tertiary/aromatic N) is 1. The number of amides is 1. The van der Waals surface area contributed by atoms with Crippen LogP contribution in [0.25, 0.3) is 0 Å². The van der Waals surface area contributed by atoms with Gasteiger partial charge in [0.05, 0.1) is 11.2 Å². The monoisotopic (exact) mass is 401 g/mol. The summed E-state index contributed by atoms with van der Waals surface area (Å²) in [6, 6.07) is 7.73. The van der Waals surface area contributed by atoms with E-state index >= 15 is 0 Å². The number of ether oxygens (including phenoxy) is 2. The van der Waals surface area contributed by atoms with Crippen molar-refractivity contribution in [2.24, 2.45) is 0 Å². The second-order valence-electron chi connectivity index (χ2n) is 9.55. The van der Waals surface area contributed by atoms with Gasteiger partial charge in [0.15, 0.2) is 0 Å². The van der Waals surface area contributed by atoms with Crippen LogP contribution in [0.4, 0.5) is 4.79 Å². The molecule has 1 amide bonds. The van der Waals surface area contributed by atoms with Gasteiger partial charge < -0.3 is 18.8 Å². The van der Waals surface area contributed by atoms with Crippen molar-refractivity contribution in [2.45, 2.75) is 71.7 Å². The molecule has 0 radical (unpaired) electrons. The largest absolute Gasteiger partial charge is 0.494 e. The van der Waals surface area contributed by atoms with Crippen molar-refractivity contribution >= 4 is 18.7 Å². The van der Waals surface area contributed by atoms with Crippen molar-refractivity contribution in [3.8, 4) is 5.75 Å². The Balaban J connectivity index is 1.52. The molecule has 2 fully saturated rings. The summed E-state index contributed by atoms with van der Waals surface area (Å²) in [6.07, 6.45) is 2.47. The van der Waals surface area contributed by atoms with Gasteiger partial charge in [0.1, 0.15) is 18.0 Å². The summed E-state index contributed by atoms with van der Waals surface area (Å²) >= 11 is 0. The first kappa shape index (κ1) is 21.7. The van der Waals surface area contributed by atoms with Gasteiger partial charge in [-0.25, -0.2) is 4.79 Å². The molecule has 0 atom stereocenters. The molecule has 0 unspecified atom stereocenters. The van der Waals surface area contributed by atoms with E-state index in [1.165, 1.54) is 0 Å². The molecule has 0 aliphatic carbocycles. The normalized spacial score (nSPS) is 21.8. The number of rotatable bonds is 4. The van der Waals surface area contributed by atoms with Crippen LogP contribution in [0.15, 0.2) is 36.0 Å². The van der Waals surface area contributed by atoms with E-state index in [0.717, 1.165) is 23.3 Å². The van der Waals surface area contributed by atoms with Crippen molar-refractivity contribution < 1.29 is 23.6 Å². The Hall–Kier alpha value is -1.99. The molecule has 0 N–H and O–H groups in total. The molecular weight excluding hydrogens is 369 g/mol. The van der Waals surface area contributed by atoms with Crippen LogP contribution in [-0.4, -0.2) is 48.1 Å². The smallest absolute Gasteiger partial charge is 0.489 e. The van der Waals surface area contributed by atoms with Gasteiger partial charge in [-0.2, -0.15) is 0 Å². The number of benzene rings is 1. The molecule has 0 bridgehead atoms. The van der Waals surface area contributed by atoms with Gasteiger partial charge in [0, 0.05) is 18.7 Å². The second-order valence-corrected chi connectivity index (χ2v) is 9.55. The lowest BCUT2D eigenvalue weighted by molar-refractivity contribution is 0.00578. The predicted octanol–water partition coefficient (Wildman–Crippen LogP) is 3.89. The highest BCUT2D eigenvalue weighted by atomic mass is 16.7. The first-order valence-electron chi connectivity index (χ1n) is 10.2. The molecule has 3 rings (SSSR count). The Morgan fingerprint density at radius 2 is 1.72 bits per heavy atom. The molecule has 6 nitrogen and oxygen atoms in total. The fourth-order valence-corrected chi connectivity index (χ4v) is 3.02. The van der Waals surface area contributed by atoms with Gasteiger partial charge in [-0.15, -0.1) is 0 Å². The van der Waals surface area contributed by atoms with E-state index in [-0.39, 0.29) is 24.4 Å². The van der Waals surface area contributed by atoms with Crippen molar-refractivity contribution in [1.29, 1.82) is 0 Å². The number of hydrogen-bond donors (Lipinski definition) is 0. The van der Waals surface area contributed by atoms with E-state index in [9.17, 15) is 4.79 Å². The quantitative estimate of drug-likeness (QED) is 0.717. The van der Waals surface area contributed by atoms with E-state index in [0.29, 0.717) is 13.2 Å². The molecule has 0 aromatic heterocycles. The zero-order chi connectivity index (χ0) is 21.4. The number of likely N-dealkylation sites (tertiary alicyclic amines) is 1. The van der Waals surface area contributed by atoms with Gasteiger partial charge in [0.25, 0.3) is 0 Å². The standard InChI is InChI=1S/C22H32BNO5/c1-20(2,3)27-19(25)24-14-12-17(24)13-15-26-18-10-8-16(9-11-18)23-28-21(4,5)22(6,7)29-23/h8-11,13H,12,14-15H2,1-7H3/b17-13-. The lowest BCUT2D eigenvalue weighted by atomic mass is 9.79. The molecule has 29 heavy (non-hydrogen) atoms. The van der Waals surface area contributed by atoms with Crippen LogP contribution in [0, 0.1) is 0 Å². The average molecular weight is 401 g/mol. The topological polar surface area (TPSA) is 57.2 Å².